The molecular formula is C12H20N4OS. The van der Waals surface area contributed by atoms with Crippen molar-refractivity contribution in [1.29, 1.82) is 0 Å². The number of aliphatic hydroxyl groups is 1. The van der Waals surface area contributed by atoms with Crippen molar-refractivity contribution in [2.24, 2.45) is 0 Å². The number of likely N-dealkylation sites (N-methyl/N-ethyl adjacent to an activating group) is 1. The second-order valence-electron chi connectivity index (χ2n) is 5.16. The number of aromatic nitrogens is 2. The van der Waals surface area contributed by atoms with Crippen molar-refractivity contribution < 1.29 is 5.11 Å². The first kappa shape index (κ1) is 13.5. The Hall–Kier alpha value is -0.950. The summed E-state index contributed by atoms with van der Waals surface area (Å²) in [6.45, 7) is 3.71. The summed E-state index contributed by atoms with van der Waals surface area (Å²) in [4.78, 5) is 7.47. The number of nitrogens with zero attached hydrogens (tertiary/aromatic N) is 3. The monoisotopic (exact) mass is 268 g/mol. The van der Waals surface area contributed by atoms with Crippen LogP contribution in [0.3, 0.4) is 0 Å². The standard InChI is InChI=1S/C12H20N4OS/c1-12(17,9-15(2)3)8-13-6-10-7-16-4-5-18-11(16)14-10/h4-5,7,13,17H,6,8-9H2,1-3H3. The highest BCUT2D eigenvalue weighted by Gasteiger charge is 2.20. The van der Waals surface area contributed by atoms with Crippen molar-refractivity contribution in [1.82, 2.24) is 19.6 Å². The zero-order valence-electron chi connectivity index (χ0n) is 11.1. The Balaban J connectivity index is 1.83. The smallest absolute Gasteiger partial charge is 0.193 e. The van der Waals surface area contributed by atoms with E-state index in [4.69, 9.17) is 0 Å². The first-order valence-electron chi connectivity index (χ1n) is 5.95. The molecule has 0 aliphatic heterocycles. The Labute approximate surface area is 111 Å². The molecule has 2 heterocycles. The average molecular weight is 268 g/mol. The third kappa shape index (κ3) is 3.52. The summed E-state index contributed by atoms with van der Waals surface area (Å²) in [7, 11) is 3.91. The Morgan fingerprint density at radius 2 is 2.33 bits per heavy atom. The van der Waals surface area contributed by atoms with E-state index < -0.39 is 5.60 Å². The molecule has 5 nitrogen and oxygen atoms in total. The maximum Gasteiger partial charge on any atom is 0.193 e. The van der Waals surface area contributed by atoms with Crippen LogP contribution in [0.4, 0.5) is 0 Å². The van der Waals surface area contributed by atoms with E-state index >= 15 is 0 Å². The minimum absolute atomic E-state index is 0.552. The predicted octanol–water partition coefficient (Wildman–Crippen LogP) is 0.798. The van der Waals surface area contributed by atoms with Gasteiger partial charge in [-0.15, -0.1) is 11.3 Å². The van der Waals surface area contributed by atoms with Crippen molar-refractivity contribution in [3.8, 4) is 0 Å². The fourth-order valence-corrected chi connectivity index (χ4v) is 2.78. The van der Waals surface area contributed by atoms with E-state index in [9.17, 15) is 5.11 Å². The van der Waals surface area contributed by atoms with Crippen molar-refractivity contribution >= 4 is 16.3 Å². The normalized spacial score (nSPS) is 15.4. The van der Waals surface area contributed by atoms with Crippen molar-refractivity contribution in [2.75, 3.05) is 27.2 Å². The summed E-state index contributed by atoms with van der Waals surface area (Å²) in [5.74, 6) is 0. The van der Waals surface area contributed by atoms with Gasteiger partial charge in [-0.05, 0) is 21.0 Å². The third-order valence-corrected chi connectivity index (χ3v) is 3.38. The quantitative estimate of drug-likeness (QED) is 0.813. The summed E-state index contributed by atoms with van der Waals surface area (Å²) in [6.07, 6.45) is 4.01. The maximum absolute atomic E-state index is 10.1. The zero-order chi connectivity index (χ0) is 13.2. The van der Waals surface area contributed by atoms with Gasteiger partial charge in [0.05, 0.1) is 11.3 Å². The lowest BCUT2D eigenvalue weighted by molar-refractivity contribution is 0.0335. The molecule has 2 aromatic rings. The second kappa shape index (κ2) is 5.36. The van der Waals surface area contributed by atoms with Crippen LogP contribution in [0.5, 0.6) is 0 Å². The Kier molecular flexibility index (Phi) is 4.01. The summed E-state index contributed by atoms with van der Waals surface area (Å²) in [5, 5.41) is 15.4. The average Bonchev–Trinajstić information content (AvgIpc) is 2.74. The minimum Gasteiger partial charge on any atom is -0.388 e. The van der Waals surface area contributed by atoms with Gasteiger partial charge in [-0.3, -0.25) is 4.40 Å². The lowest BCUT2D eigenvalue weighted by Crippen LogP contribution is -2.45. The number of hydrogen-bond acceptors (Lipinski definition) is 5. The van der Waals surface area contributed by atoms with Crippen LogP contribution in [0.15, 0.2) is 17.8 Å². The molecule has 0 aliphatic rings. The molecule has 0 saturated carbocycles. The van der Waals surface area contributed by atoms with Gasteiger partial charge in [0.25, 0.3) is 0 Å². The molecule has 1 atom stereocenters. The first-order valence-corrected chi connectivity index (χ1v) is 6.83. The second-order valence-corrected chi connectivity index (χ2v) is 6.04. The van der Waals surface area contributed by atoms with Gasteiger partial charge in [-0.2, -0.15) is 0 Å². The molecule has 2 aromatic heterocycles. The number of hydrogen-bond donors (Lipinski definition) is 2. The van der Waals surface area contributed by atoms with E-state index in [1.807, 2.05) is 48.1 Å². The van der Waals surface area contributed by atoms with E-state index in [0.29, 0.717) is 19.6 Å². The van der Waals surface area contributed by atoms with E-state index in [-0.39, 0.29) is 0 Å². The predicted molar refractivity (Wildman–Crippen MR) is 74.0 cm³/mol. The molecule has 0 radical (unpaired) electrons. The van der Waals surface area contributed by atoms with E-state index in [1.165, 1.54) is 0 Å². The molecular weight excluding hydrogens is 248 g/mol. The van der Waals surface area contributed by atoms with Gasteiger partial charge in [-0.1, -0.05) is 0 Å². The molecule has 6 heteroatoms. The summed E-state index contributed by atoms with van der Waals surface area (Å²) in [5.41, 5.74) is 0.281. The van der Waals surface area contributed by atoms with Gasteiger partial charge < -0.3 is 15.3 Å². The van der Waals surface area contributed by atoms with Crippen molar-refractivity contribution in [3.05, 3.63) is 23.5 Å². The molecule has 0 bridgehead atoms. The third-order valence-electron chi connectivity index (χ3n) is 2.61. The van der Waals surface area contributed by atoms with E-state index in [2.05, 4.69) is 10.3 Å². The Bertz CT molecular complexity index is 474. The SMILES string of the molecule is CN(C)CC(C)(O)CNCc1cn2ccsc2n1. The van der Waals surface area contributed by atoms with Crippen LogP contribution in [-0.2, 0) is 6.54 Å². The lowest BCUT2D eigenvalue weighted by atomic mass is 10.1. The Morgan fingerprint density at radius 1 is 1.56 bits per heavy atom. The molecule has 0 spiro atoms. The van der Waals surface area contributed by atoms with Gasteiger partial charge in [0.1, 0.15) is 0 Å². The van der Waals surface area contributed by atoms with Crippen LogP contribution in [-0.4, -0.2) is 52.2 Å². The van der Waals surface area contributed by atoms with Gasteiger partial charge >= 0.3 is 0 Å². The van der Waals surface area contributed by atoms with Crippen LogP contribution in [0.2, 0.25) is 0 Å². The molecule has 0 aromatic carbocycles. The summed E-state index contributed by atoms with van der Waals surface area (Å²) >= 11 is 1.62. The molecule has 0 aliphatic carbocycles. The highest BCUT2D eigenvalue weighted by atomic mass is 32.1. The number of imidazole rings is 1. The Morgan fingerprint density at radius 3 is 3.00 bits per heavy atom. The fraction of sp³-hybridized carbons (Fsp3) is 0.583. The molecule has 1 unspecified atom stereocenters. The first-order chi connectivity index (χ1) is 8.46. The van der Waals surface area contributed by atoms with Crippen LogP contribution < -0.4 is 5.32 Å². The highest BCUT2D eigenvalue weighted by Crippen LogP contribution is 2.11. The van der Waals surface area contributed by atoms with Crippen molar-refractivity contribution in [3.63, 3.8) is 0 Å². The summed E-state index contributed by atoms with van der Waals surface area (Å²) in [6, 6.07) is 0. The van der Waals surface area contributed by atoms with Crippen LogP contribution in [0.1, 0.15) is 12.6 Å². The van der Waals surface area contributed by atoms with Crippen LogP contribution >= 0.6 is 11.3 Å². The van der Waals surface area contributed by atoms with Gasteiger partial charge in [0.15, 0.2) is 4.96 Å². The molecule has 0 amide bonds. The fourth-order valence-electron chi connectivity index (χ4n) is 2.06. The number of thiazole rings is 1. The largest absolute Gasteiger partial charge is 0.388 e. The molecule has 18 heavy (non-hydrogen) atoms. The lowest BCUT2D eigenvalue weighted by Gasteiger charge is -2.27. The topological polar surface area (TPSA) is 52.8 Å². The van der Waals surface area contributed by atoms with Crippen LogP contribution in [0, 0.1) is 0 Å². The van der Waals surface area contributed by atoms with Crippen molar-refractivity contribution in [2.45, 2.75) is 19.1 Å². The van der Waals surface area contributed by atoms with E-state index in [0.717, 1.165) is 10.7 Å². The molecule has 0 saturated heterocycles. The number of rotatable bonds is 6. The van der Waals surface area contributed by atoms with Gasteiger partial charge in [0.2, 0.25) is 0 Å². The van der Waals surface area contributed by atoms with E-state index in [1.54, 1.807) is 11.3 Å². The van der Waals surface area contributed by atoms with Gasteiger partial charge in [-0.25, -0.2) is 4.98 Å². The van der Waals surface area contributed by atoms with Gasteiger partial charge in [0, 0.05) is 37.4 Å². The molecule has 2 N–H and O–H groups in total. The number of nitrogens with one attached hydrogen (secondary N) is 1. The van der Waals surface area contributed by atoms with Crippen LogP contribution in [0.25, 0.3) is 4.96 Å². The number of fused-ring (bicyclic) bond motifs is 1. The highest BCUT2D eigenvalue weighted by molar-refractivity contribution is 7.15. The molecule has 0 fully saturated rings. The minimum atomic E-state index is -0.722. The molecule has 2 rings (SSSR count). The zero-order valence-corrected chi connectivity index (χ0v) is 11.9. The maximum atomic E-state index is 10.1. The molecule has 100 valence electrons. The summed E-state index contributed by atoms with van der Waals surface area (Å²) < 4.78 is 2.01.